The molecule has 1 fully saturated rings. The highest BCUT2D eigenvalue weighted by molar-refractivity contribution is 6.38. The Kier molecular flexibility index (Phi) is 15.3. The van der Waals surface area contributed by atoms with Gasteiger partial charge in [-0.1, -0.05) is 54.4 Å². The molecule has 14 heteroatoms. The Morgan fingerprint density at radius 3 is 2.07 bits per heavy atom. The number of ketones is 1. The highest BCUT2D eigenvalue weighted by Crippen LogP contribution is 2.32. The second kappa shape index (κ2) is 17.6. The van der Waals surface area contributed by atoms with Gasteiger partial charge in [-0.05, 0) is 50.9 Å². The molecule has 6 amide bonds. The molecule has 6 N–H and O–H groups in total. The van der Waals surface area contributed by atoms with E-state index in [2.05, 4.69) is 21.3 Å². The summed E-state index contributed by atoms with van der Waals surface area (Å²) in [6, 6.07) is -4.31. The predicted octanol–water partition coefficient (Wildman–Crippen LogP) is 1.08. The highest BCUT2D eigenvalue weighted by atomic mass is 16.4. The molecule has 1 rings (SSSR count). The van der Waals surface area contributed by atoms with Gasteiger partial charge in [0.1, 0.15) is 18.1 Å². The molecule has 0 radical (unpaired) electrons. The van der Waals surface area contributed by atoms with Gasteiger partial charge in [0.2, 0.25) is 29.4 Å². The van der Waals surface area contributed by atoms with Crippen molar-refractivity contribution in [3.63, 3.8) is 0 Å². The summed E-state index contributed by atoms with van der Waals surface area (Å²) in [4.78, 5) is 90.5. The van der Waals surface area contributed by atoms with Crippen molar-refractivity contribution in [3.8, 4) is 0 Å². The Hall–Kier alpha value is -3.71. The number of nitrogens with zero attached hydrogens (tertiary/aromatic N) is 1. The molecule has 0 bridgehead atoms. The van der Waals surface area contributed by atoms with Crippen molar-refractivity contribution in [2.24, 2.45) is 11.3 Å². The summed E-state index contributed by atoms with van der Waals surface area (Å²) in [5, 5.41) is 21.2. The molecule has 14 nitrogen and oxygen atoms in total. The van der Waals surface area contributed by atoms with Crippen LogP contribution in [0.5, 0.6) is 0 Å². The van der Waals surface area contributed by atoms with Crippen LogP contribution in [0.1, 0.15) is 93.9 Å². The molecule has 0 aliphatic carbocycles. The number of hydrogen-bond acceptors (Lipinski definition) is 7. The number of carboxylic acid groups (broad SMARTS) is 1. The molecule has 1 heterocycles. The maximum Gasteiger partial charge on any atom is 0.405 e. The van der Waals surface area contributed by atoms with E-state index in [0.717, 1.165) is 6.42 Å². The van der Waals surface area contributed by atoms with Gasteiger partial charge < -0.3 is 36.6 Å². The third-order valence-electron chi connectivity index (χ3n) is 7.73. The molecule has 1 aliphatic heterocycles. The summed E-state index contributed by atoms with van der Waals surface area (Å²) in [5.74, 6) is -4.08. The third kappa shape index (κ3) is 11.4. The average molecular weight is 625 g/mol. The molecule has 250 valence electrons. The van der Waals surface area contributed by atoms with E-state index in [1.807, 2.05) is 26.1 Å². The molecule has 6 atom stereocenters. The van der Waals surface area contributed by atoms with Gasteiger partial charge >= 0.3 is 6.09 Å². The molecule has 0 saturated carbocycles. The first kappa shape index (κ1) is 38.3. The van der Waals surface area contributed by atoms with Crippen molar-refractivity contribution in [1.82, 2.24) is 31.5 Å². The first-order valence-corrected chi connectivity index (χ1v) is 15.5. The average Bonchev–Trinajstić information content (AvgIpc) is 3.36. The lowest BCUT2D eigenvalue weighted by molar-refractivity contribution is -0.146. The van der Waals surface area contributed by atoms with Gasteiger partial charge in [0.15, 0.2) is 0 Å². The molecule has 1 aliphatic rings. The first-order valence-electron chi connectivity index (χ1n) is 15.5. The van der Waals surface area contributed by atoms with E-state index < -0.39 is 77.5 Å². The highest BCUT2D eigenvalue weighted by Gasteiger charge is 2.46. The Morgan fingerprint density at radius 2 is 1.55 bits per heavy atom. The number of carbonyl (C=O) groups excluding carboxylic acids is 6. The second-order valence-corrected chi connectivity index (χ2v) is 12.6. The van der Waals surface area contributed by atoms with Crippen molar-refractivity contribution in [2.45, 2.75) is 124 Å². The Balaban J connectivity index is 3.17. The van der Waals surface area contributed by atoms with E-state index in [4.69, 9.17) is 5.11 Å². The van der Waals surface area contributed by atoms with Crippen LogP contribution in [0, 0.1) is 11.3 Å². The van der Waals surface area contributed by atoms with Crippen LogP contribution in [0.3, 0.4) is 0 Å². The second-order valence-electron chi connectivity index (χ2n) is 12.6. The largest absolute Gasteiger partial charge is 0.465 e. The topological polar surface area (TPSA) is 203 Å². The zero-order valence-corrected chi connectivity index (χ0v) is 27.4. The number of carbonyl (C=O) groups is 7. The van der Waals surface area contributed by atoms with Gasteiger partial charge in [-0.25, -0.2) is 4.79 Å². The summed E-state index contributed by atoms with van der Waals surface area (Å²) in [7, 11) is 0. The van der Waals surface area contributed by atoms with Crippen LogP contribution in [0.25, 0.3) is 0 Å². The molecule has 0 aromatic carbocycles. The van der Waals surface area contributed by atoms with Crippen LogP contribution in [-0.2, 0) is 28.8 Å². The number of amides is 6. The summed E-state index contributed by atoms with van der Waals surface area (Å²) in [6.45, 7) is 13.8. The number of nitrogens with one attached hydrogen (secondary N) is 5. The zero-order valence-electron chi connectivity index (χ0n) is 27.4. The minimum absolute atomic E-state index is 0.186. The number of likely N-dealkylation sites (tertiary alicyclic amines) is 1. The lowest BCUT2D eigenvalue weighted by Gasteiger charge is -2.36. The quantitative estimate of drug-likeness (QED) is 0.137. The van der Waals surface area contributed by atoms with Gasteiger partial charge in [0.25, 0.3) is 5.91 Å². The molecule has 0 spiro atoms. The van der Waals surface area contributed by atoms with Crippen LogP contribution in [0.4, 0.5) is 4.79 Å². The van der Waals surface area contributed by atoms with Gasteiger partial charge in [0.05, 0.1) is 12.6 Å². The van der Waals surface area contributed by atoms with E-state index in [0.29, 0.717) is 25.7 Å². The van der Waals surface area contributed by atoms with E-state index in [-0.39, 0.29) is 24.9 Å². The van der Waals surface area contributed by atoms with Crippen LogP contribution in [-0.4, -0.2) is 94.7 Å². The van der Waals surface area contributed by atoms with Gasteiger partial charge in [0, 0.05) is 12.6 Å². The zero-order chi connectivity index (χ0) is 33.8. The van der Waals surface area contributed by atoms with Crippen LogP contribution >= 0.6 is 0 Å². The van der Waals surface area contributed by atoms with E-state index in [1.165, 1.54) is 11.8 Å². The number of rotatable bonds is 16. The fraction of sp³-hybridized carbons (Fsp3) is 0.767. The van der Waals surface area contributed by atoms with Crippen molar-refractivity contribution in [2.75, 3.05) is 13.1 Å². The SMILES string of the molecule is CCCC(NC(=O)C1[C@@H](CCC)CCN1C(=O)C(NC(=O)CNC(=O)[C@@H](C)NC(=O)O)C(C)(C)C)C(=O)C(=O)N[C@@H](C)CC. The molecular weight excluding hydrogens is 572 g/mol. The lowest BCUT2D eigenvalue weighted by Crippen LogP contribution is -2.60. The van der Waals surface area contributed by atoms with E-state index >= 15 is 0 Å². The van der Waals surface area contributed by atoms with E-state index in [1.54, 1.807) is 27.7 Å². The summed E-state index contributed by atoms with van der Waals surface area (Å²) < 4.78 is 0. The molecule has 3 unspecified atom stereocenters. The monoisotopic (exact) mass is 624 g/mol. The normalized spacial score (nSPS) is 19.1. The minimum Gasteiger partial charge on any atom is -0.465 e. The standard InChI is InChI=1S/C30H52N6O8/c1-9-12-19-14-15-36(22(19)26(40)34-20(13-10-2)23(38)27(41)32-17(4)11-3)28(42)24(30(6,7)8)35-21(37)16-31-25(39)18(5)33-29(43)44/h17-20,22,24,33H,9-16H2,1-8H3,(H,31,39)(H,32,41)(H,34,40)(H,35,37)(H,43,44)/t17-,18+,19-,20?,22?,24?/m0/s1. The Labute approximate surface area is 260 Å². The Bertz CT molecular complexity index is 1060. The molecule has 0 aromatic heterocycles. The van der Waals surface area contributed by atoms with Crippen molar-refractivity contribution >= 4 is 41.4 Å². The van der Waals surface area contributed by atoms with Crippen LogP contribution in [0.15, 0.2) is 0 Å². The molecule has 0 aromatic rings. The predicted molar refractivity (Wildman–Crippen MR) is 163 cm³/mol. The molecule has 1 saturated heterocycles. The van der Waals surface area contributed by atoms with Crippen LogP contribution in [0.2, 0.25) is 0 Å². The number of hydrogen-bond donors (Lipinski definition) is 6. The molecular formula is C30H52N6O8. The van der Waals surface area contributed by atoms with Gasteiger partial charge in [-0.15, -0.1) is 0 Å². The van der Waals surface area contributed by atoms with Crippen molar-refractivity contribution in [3.05, 3.63) is 0 Å². The fourth-order valence-electron chi connectivity index (χ4n) is 5.10. The van der Waals surface area contributed by atoms with Crippen molar-refractivity contribution < 1.29 is 38.7 Å². The summed E-state index contributed by atoms with van der Waals surface area (Å²) >= 11 is 0. The number of Topliss-reactive ketones (excluding diaryl/α,β-unsaturated/α-hetero) is 1. The maximum absolute atomic E-state index is 14.0. The maximum atomic E-state index is 14.0. The van der Waals surface area contributed by atoms with Crippen LogP contribution < -0.4 is 26.6 Å². The minimum atomic E-state index is -1.39. The first-order chi connectivity index (χ1) is 20.5. The van der Waals surface area contributed by atoms with Gasteiger partial charge in [-0.3, -0.25) is 28.8 Å². The summed E-state index contributed by atoms with van der Waals surface area (Å²) in [5.41, 5.74) is -0.784. The van der Waals surface area contributed by atoms with E-state index in [9.17, 15) is 33.6 Å². The Morgan fingerprint density at radius 1 is 0.909 bits per heavy atom. The lowest BCUT2D eigenvalue weighted by atomic mass is 9.85. The smallest absolute Gasteiger partial charge is 0.405 e. The molecule has 44 heavy (non-hydrogen) atoms. The fourth-order valence-corrected chi connectivity index (χ4v) is 5.10. The van der Waals surface area contributed by atoms with Gasteiger partial charge in [-0.2, -0.15) is 0 Å². The van der Waals surface area contributed by atoms with Crippen molar-refractivity contribution in [1.29, 1.82) is 0 Å². The third-order valence-corrected chi connectivity index (χ3v) is 7.73. The summed E-state index contributed by atoms with van der Waals surface area (Å²) in [6.07, 6.45) is 2.02.